The number of rotatable bonds is 8. The van der Waals surface area contributed by atoms with E-state index in [1.807, 2.05) is 65.6 Å². The number of nitrogens with two attached hydrogens (primary N) is 1. The second-order valence-electron chi connectivity index (χ2n) is 10.4. The van der Waals surface area contributed by atoms with E-state index in [9.17, 15) is 4.79 Å². The van der Waals surface area contributed by atoms with E-state index in [0.29, 0.717) is 42.0 Å². The summed E-state index contributed by atoms with van der Waals surface area (Å²) in [6.45, 7) is 1.98. The number of nitrogens with zero attached hydrogens (tertiary/aromatic N) is 5. The monoisotopic (exact) mass is 532 g/mol. The molecule has 1 atom stereocenters. The van der Waals surface area contributed by atoms with E-state index in [2.05, 4.69) is 32.4 Å². The summed E-state index contributed by atoms with van der Waals surface area (Å²) < 4.78 is 8.04. The number of fused-ring (bicyclic) bond motifs is 1. The van der Waals surface area contributed by atoms with Gasteiger partial charge in [0.25, 0.3) is 0 Å². The van der Waals surface area contributed by atoms with Crippen molar-refractivity contribution >= 4 is 22.8 Å². The van der Waals surface area contributed by atoms with E-state index < -0.39 is 0 Å². The van der Waals surface area contributed by atoms with Crippen LogP contribution in [-0.2, 0) is 4.79 Å². The lowest BCUT2D eigenvalue weighted by molar-refractivity contribution is -0.125. The number of carbonyl (C=O) groups is 1. The minimum atomic E-state index is -0.0243. The van der Waals surface area contributed by atoms with Crippen molar-refractivity contribution in [3.63, 3.8) is 0 Å². The first-order chi connectivity index (χ1) is 19.5. The highest BCUT2D eigenvalue weighted by atomic mass is 16.5. The number of hydrogen-bond donors (Lipinski definition) is 1. The standard InChI is InChI=1S/C32H32N6O2/c1-3-27-29(22-11-15-26(16-12-22)40-25-8-5-4-6-9-25)30-31(33)34-21-35-32(30)38(27)24-17-19-37(20-24)28(39)10-7-18-36(2)23-13-14-23/h1,4-12,15-16,21,23-24H,13-14,17-20H2,2H3,(H2,33,34,35)/b10-7+/t24-/m1/s1. The van der Waals surface area contributed by atoms with Crippen molar-refractivity contribution in [2.24, 2.45) is 0 Å². The molecule has 2 N–H and O–H groups in total. The lowest BCUT2D eigenvalue weighted by atomic mass is 10.0. The van der Waals surface area contributed by atoms with Gasteiger partial charge in [-0.2, -0.15) is 0 Å². The molecule has 6 rings (SSSR count). The Labute approximate surface area is 234 Å². The van der Waals surface area contributed by atoms with Crippen molar-refractivity contribution in [3.8, 4) is 35.0 Å². The van der Waals surface area contributed by atoms with Crippen LogP contribution in [-0.4, -0.2) is 63.0 Å². The topological polar surface area (TPSA) is 89.5 Å². The molecule has 1 aliphatic carbocycles. The normalized spacial score (nSPS) is 17.1. The van der Waals surface area contributed by atoms with Gasteiger partial charge >= 0.3 is 0 Å². The summed E-state index contributed by atoms with van der Waals surface area (Å²) in [7, 11) is 2.10. The zero-order valence-electron chi connectivity index (χ0n) is 22.5. The molecule has 0 radical (unpaired) electrons. The summed E-state index contributed by atoms with van der Waals surface area (Å²) in [4.78, 5) is 26.0. The van der Waals surface area contributed by atoms with Crippen LogP contribution in [0.4, 0.5) is 5.82 Å². The summed E-state index contributed by atoms with van der Waals surface area (Å²) in [5.74, 6) is 4.77. The fourth-order valence-electron chi connectivity index (χ4n) is 5.49. The van der Waals surface area contributed by atoms with Crippen molar-refractivity contribution in [2.75, 3.05) is 32.4 Å². The maximum Gasteiger partial charge on any atom is 0.246 e. The summed E-state index contributed by atoms with van der Waals surface area (Å²) in [6.07, 6.45) is 14.5. The Morgan fingerprint density at radius 1 is 1.12 bits per heavy atom. The Hall–Kier alpha value is -4.61. The molecule has 2 fully saturated rings. The number of likely N-dealkylation sites (N-methyl/N-ethyl adjacent to an activating group) is 1. The molecule has 2 aromatic heterocycles. The molecule has 3 heterocycles. The van der Waals surface area contributed by atoms with E-state index in [0.717, 1.165) is 35.2 Å². The lowest BCUT2D eigenvalue weighted by Crippen LogP contribution is -2.28. The Balaban J connectivity index is 1.28. The SMILES string of the molecule is C#Cc1c(-c2ccc(Oc3ccccc3)cc2)c2c(N)ncnc2n1[C@@H]1CCN(C(=O)/C=C/CN(C)C2CC2)C1. The Bertz CT molecular complexity index is 1600. The molecule has 0 spiro atoms. The highest BCUT2D eigenvalue weighted by molar-refractivity contribution is 6.03. The van der Waals surface area contributed by atoms with E-state index in [-0.39, 0.29) is 11.9 Å². The van der Waals surface area contributed by atoms with E-state index in [1.54, 1.807) is 6.08 Å². The average molecular weight is 533 g/mol. The van der Waals surface area contributed by atoms with Crippen molar-refractivity contribution in [3.05, 3.63) is 78.8 Å². The predicted octanol–water partition coefficient (Wildman–Crippen LogP) is 4.88. The van der Waals surface area contributed by atoms with E-state index in [1.165, 1.54) is 19.2 Å². The first-order valence-electron chi connectivity index (χ1n) is 13.6. The average Bonchev–Trinajstić information content (AvgIpc) is 3.61. The van der Waals surface area contributed by atoms with Crippen LogP contribution in [0.3, 0.4) is 0 Å². The summed E-state index contributed by atoms with van der Waals surface area (Å²) >= 11 is 0. The molecule has 40 heavy (non-hydrogen) atoms. The van der Waals surface area contributed by atoms with Gasteiger partial charge in [0, 0.05) is 37.3 Å². The third-order valence-corrected chi connectivity index (χ3v) is 7.74. The third-order valence-electron chi connectivity index (χ3n) is 7.74. The van der Waals surface area contributed by atoms with Gasteiger partial charge in [-0.25, -0.2) is 9.97 Å². The van der Waals surface area contributed by atoms with Crippen LogP contribution >= 0.6 is 0 Å². The van der Waals surface area contributed by atoms with E-state index in [4.69, 9.17) is 16.9 Å². The molecular weight excluding hydrogens is 500 g/mol. The largest absolute Gasteiger partial charge is 0.457 e. The van der Waals surface area contributed by atoms with Crippen molar-refractivity contribution in [1.29, 1.82) is 0 Å². The summed E-state index contributed by atoms with van der Waals surface area (Å²) in [5.41, 5.74) is 9.48. The van der Waals surface area contributed by atoms with Gasteiger partial charge in [-0.1, -0.05) is 42.3 Å². The lowest BCUT2D eigenvalue weighted by Gasteiger charge is -2.18. The molecule has 8 heteroatoms. The number of hydrogen-bond acceptors (Lipinski definition) is 6. The summed E-state index contributed by atoms with van der Waals surface area (Å²) in [5, 5.41) is 0.722. The van der Waals surface area contributed by atoms with Crippen molar-refractivity contribution in [2.45, 2.75) is 31.3 Å². The van der Waals surface area contributed by atoms with Crippen LogP contribution in [0.25, 0.3) is 22.2 Å². The number of carbonyl (C=O) groups excluding carboxylic acids is 1. The van der Waals surface area contributed by atoms with Gasteiger partial charge in [0.2, 0.25) is 5.91 Å². The highest BCUT2D eigenvalue weighted by Crippen LogP contribution is 2.40. The molecule has 0 bridgehead atoms. The zero-order valence-corrected chi connectivity index (χ0v) is 22.5. The number of terminal acetylenes is 1. The van der Waals surface area contributed by atoms with Gasteiger partial charge in [-0.3, -0.25) is 9.69 Å². The molecule has 8 nitrogen and oxygen atoms in total. The smallest absolute Gasteiger partial charge is 0.246 e. The van der Waals surface area contributed by atoms with Crippen molar-refractivity contribution < 1.29 is 9.53 Å². The molecule has 4 aromatic rings. The second kappa shape index (κ2) is 10.9. The van der Waals surface area contributed by atoms with Crippen molar-refractivity contribution in [1.82, 2.24) is 24.3 Å². The predicted molar refractivity (Wildman–Crippen MR) is 157 cm³/mol. The maximum atomic E-state index is 13.0. The fraction of sp³-hybridized carbons (Fsp3) is 0.281. The van der Waals surface area contributed by atoms with Gasteiger partial charge in [0.05, 0.1) is 11.4 Å². The number of ether oxygens (including phenoxy) is 1. The van der Waals surface area contributed by atoms with Gasteiger partial charge in [0.15, 0.2) is 0 Å². The minimum absolute atomic E-state index is 0.0220. The maximum absolute atomic E-state index is 13.0. The Morgan fingerprint density at radius 3 is 2.60 bits per heavy atom. The first kappa shape index (κ1) is 25.7. The number of benzene rings is 2. The number of aromatic nitrogens is 3. The number of para-hydroxylation sites is 1. The molecule has 2 aromatic carbocycles. The molecule has 2 aliphatic rings. The number of nitrogen functional groups attached to an aromatic ring is 1. The first-order valence-corrected chi connectivity index (χ1v) is 13.6. The van der Waals surface area contributed by atoms with Gasteiger partial charge < -0.3 is 19.9 Å². The van der Waals surface area contributed by atoms with Gasteiger partial charge in [-0.05, 0) is 56.1 Å². The van der Waals surface area contributed by atoms with Crippen LogP contribution < -0.4 is 10.5 Å². The highest BCUT2D eigenvalue weighted by Gasteiger charge is 2.32. The number of likely N-dealkylation sites (tertiary alicyclic amines) is 1. The molecule has 1 aliphatic heterocycles. The Kier molecular flexibility index (Phi) is 6.97. The Morgan fingerprint density at radius 2 is 1.88 bits per heavy atom. The quantitative estimate of drug-likeness (QED) is 0.257. The van der Waals surface area contributed by atoms with Crippen LogP contribution in [0.5, 0.6) is 11.5 Å². The van der Waals surface area contributed by atoms with Gasteiger partial charge in [-0.15, -0.1) is 6.42 Å². The molecule has 202 valence electrons. The zero-order chi connectivity index (χ0) is 27.6. The fourth-order valence-corrected chi connectivity index (χ4v) is 5.49. The number of amides is 1. The van der Waals surface area contributed by atoms with Crippen LogP contribution in [0.1, 0.15) is 31.0 Å². The van der Waals surface area contributed by atoms with Crippen LogP contribution in [0, 0.1) is 12.3 Å². The van der Waals surface area contributed by atoms with Gasteiger partial charge in [0.1, 0.15) is 35.0 Å². The summed E-state index contributed by atoms with van der Waals surface area (Å²) in [6, 6.07) is 18.0. The van der Waals surface area contributed by atoms with Crippen LogP contribution in [0.15, 0.2) is 73.1 Å². The molecule has 1 amide bonds. The van der Waals surface area contributed by atoms with E-state index >= 15 is 0 Å². The molecule has 1 saturated carbocycles. The third kappa shape index (κ3) is 5.04. The molecule has 1 saturated heterocycles. The number of anilines is 1. The molecule has 0 unspecified atom stereocenters. The second-order valence-corrected chi connectivity index (χ2v) is 10.4. The minimum Gasteiger partial charge on any atom is -0.457 e. The molecular formula is C32H32N6O2. The van der Waals surface area contributed by atoms with Crippen LogP contribution in [0.2, 0.25) is 0 Å².